The molecule has 5 nitrogen and oxygen atoms in total. The SMILES string of the molecule is CC(C)(C)Oc1cc(OC(=O)N2CCCCC2)ccc1C=O. The van der Waals surface area contributed by atoms with Crippen LogP contribution in [0.15, 0.2) is 18.2 Å². The summed E-state index contributed by atoms with van der Waals surface area (Å²) >= 11 is 0. The van der Waals surface area contributed by atoms with Crippen molar-refractivity contribution in [1.29, 1.82) is 0 Å². The second kappa shape index (κ2) is 6.81. The summed E-state index contributed by atoms with van der Waals surface area (Å²) in [5.41, 5.74) is 0.000442. The van der Waals surface area contributed by atoms with Crippen LogP contribution >= 0.6 is 0 Å². The van der Waals surface area contributed by atoms with E-state index in [1.165, 1.54) is 0 Å². The van der Waals surface area contributed by atoms with Crippen molar-refractivity contribution >= 4 is 12.4 Å². The fourth-order valence-corrected chi connectivity index (χ4v) is 2.34. The molecule has 0 spiro atoms. The Morgan fingerprint density at radius 1 is 1.18 bits per heavy atom. The van der Waals surface area contributed by atoms with Gasteiger partial charge in [0, 0.05) is 19.2 Å². The van der Waals surface area contributed by atoms with Crippen LogP contribution in [0, 0.1) is 0 Å². The van der Waals surface area contributed by atoms with Crippen LogP contribution in [0.5, 0.6) is 11.5 Å². The summed E-state index contributed by atoms with van der Waals surface area (Å²) < 4.78 is 11.2. The molecule has 0 unspecified atom stereocenters. The van der Waals surface area contributed by atoms with E-state index in [4.69, 9.17) is 9.47 Å². The van der Waals surface area contributed by atoms with E-state index in [2.05, 4.69) is 0 Å². The van der Waals surface area contributed by atoms with Crippen molar-refractivity contribution in [3.05, 3.63) is 23.8 Å². The minimum Gasteiger partial charge on any atom is -0.487 e. The number of carbonyl (C=O) groups is 2. The summed E-state index contributed by atoms with van der Waals surface area (Å²) in [7, 11) is 0. The molecule has 0 aromatic heterocycles. The van der Waals surface area contributed by atoms with Crippen LogP contribution in [-0.4, -0.2) is 36.0 Å². The first kappa shape index (κ1) is 16.3. The van der Waals surface area contributed by atoms with E-state index in [-0.39, 0.29) is 6.09 Å². The number of piperidine rings is 1. The Labute approximate surface area is 131 Å². The highest BCUT2D eigenvalue weighted by molar-refractivity contribution is 5.80. The van der Waals surface area contributed by atoms with Crippen LogP contribution in [0.4, 0.5) is 4.79 Å². The zero-order valence-electron chi connectivity index (χ0n) is 13.4. The molecule has 0 atom stereocenters. The summed E-state index contributed by atoms with van der Waals surface area (Å²) in [5, 5.41) is 0. The second-order valence-electron chi connectivity index (χ2n) is 6.45. The summed E-state index contributed by atoms with van der Waals surface area (Å²) in [5.74, 6) is 0.812. The van der Waals surface area contributed by atoms with E-state index in [0.29, 0.717) is 17.1 Å². The predicted molar refractivity (Wildman–Crippen MR) is 83.7 cm³/mol. The van der Waals surface area contributed by atoms with Gasteiger partial charge >= 0.3 is 6.09 Å². The van der Waals surface area contributed by atoms with E-state index in [1.807, 2.05) is 20.8 Å². The first-order valence-electron chi connectivity index (χ1n) is 7.64. The van der Waals surface area contributed by atoms with Gasteiger partial charge in [-0.2, -0.15) is 0 Å². The molecule has 1 fully saturated rings. The Morgan fingerprint density at radius 2 is 1.86 bits per heavy atom. The van der Waals surface area contributed by atoms with Crippen LogP contribution in [-0.2, 0) is 0 Å². The molecule has 1 amide bonds. The molecule has 1 heterocycles. The van der Waals surface area contributed by atoms with E-state index in [9.17, 15) is 9.59 Å². The first-order valence-corrected chi connectivity index (χ1v) is 7.64. The van der Waals surface area contributed by atoms with Crippen molar-refractivity contribution in [3.8, 4) is 11.5 Å². The van der Waals surface area contributed by atoms with Crippen molar-refractivity contribution < 1.29 is 19.1 Å². The highest BCUT2D eigenvalue weighted by atomic mass is 16.6. The molecule has 2 rings (SSSR count). The summed E-state index contributed by atoms with van der Waals surface area (Å²) in [6.45, 7) is 7.16. The molecule has 0 radical (unpaired) electrons. The van der Waals surface area contributed by atoms with Gasteiger partial charge in [-0.05, 0) is 52.2 Å². The lowest BCUT2D eigenvalue weighted by molar-refractivity contribution is 0.109. The standard InChI is InChI=1S/C17H23NO4/c1-17(2,3)22-15-11-14(8-7-13(15)12-19)21-16(20)18-9-5-4-6-10-18/h7-8,11-12H,4-6,9-10H2,1-3H3. The van der Waals surface area contributed by atoms with Gasteiger partial charge in [-0.3, -0.25) is 4.79 Å². The van der Waals surface area contributed by atoms with Crippen molar-refractivity contribution in [2.24, 2.45) is 0 Å². The maximum absolute atomic E-state index is 12.1. The zero-order valence-corrected chi connectivity index (χ0v) is 13.4. The van der Waals surface area contributed by atoms with Gasteiger partial charge in [0.25, 0.3) is 0 Å². The number of aldehydes is 1. The van der Waals surface area contributed by atoms with Gasteiger partial charge in [-0.15, -0.1) is 0 Å². The molecule has 120 valence electrons. The highest BCUT2D eigenvalue weighted by Gasteiger charge is 2.20. The monoisotopic (exact) mass is 305 g/mol. The Hall–Kier alpha value is -2.04. The maximum atomic E-state index is 12.1. The number of likely N-dealkylation sites (tertiary alicyclic amines) is 1. The van der Waals surface area contributed by atoms with Crippen LogP contribution < -0.4 is 9.47 Å². The molecular weight excluding hydrogens is 282 g/mol. The summed E-state index contributed by atoms with van der Waals surface area (Å²) in [6, 6.07) is 4.81. The largest absolute Gasteiger partial charge is 0.487 e. The van der Waals surface area contributed by atoms with E-state index in [0.717, 1.165) is 38.6 Å². The maximum Gasteiger partial charge on any atom is 0.415 e. The highest BCUT2D eigenvalue weighted by Crippen LogP contribution is 2.27. The number of hydrogen-bond donors (Lipinski definition) is 0. The fraction of sp³-hybridized carbons (Fsp3) is 0.529. The molecule has 1 aromatic carbocycles. The van der Waals surface area contributed by atoms with Gasteiger partial charge in [0.2, 0.25) is 0 Å². The molecule has 22 heavy (non-hydrogen) atoms. The van der Waals surface area contributed by atoms with Crippen LogP contribution in [0.1, 0.15) is 50.4 Å². The Bertz CT molecular complexity index is 542. The molecular formula is C17H23NO4. The lowest BCUT2D eigenvalue weighted by atomic mass is 10.1. The number of hydrogen-bond acceptors (Lipinski definition) is 4. The van der Waals surface area contributed by atoms with E-state index < -0.39 is 5.60 Å². The number of carbonyl (C=O) groups excluding carboxylic acids is 2. The third-order valence-corrected chi connectivity index (χ3v) is 3.35. The molecule has 1 aliphatic rings. The van der Waals surface area contributed by atoms with Gasteiger partial charge in [-0.1, -0.05) is 0 Å². The lowest BCUT2D eigenvalue weighted by Crippen LogP contribution is -2.37. The van der Waals surface area contributed by atoms with Gasteiger partial charge in [0.15, 0.2) is 6.29 Å². The van der Waals surface area contributed by atoms with Gasteiger partial charge in [0.1, 0.15) is 17.1 Å². The minimum absolute atomic E-state index is 0.347. The van der Waals surface area contributed by atoms with Crippen LogP contribution in [0.3, 0.4) is 0 Å². The molecule has 0 aliphatic carbocycles. The first-order chi connectivity index (χ1) is 10.4. The number of amides is 1. The number of benzene rings is 1. The Kier molecular flexibility index (Phi) is 5.06. The second-order valence-corrected chi connectivity index (χ2v) is 6.45. The van der Waals surface area contributed by atoms with Crippen molar-refractivity contribution in [1.82, 2.24) is 4.90 Å². The zero-order chi connectivity index (χ0) is 16.2. The normalized spacial score (nSPS) is 15.3. The molecule has 0 saturated carbocycles. The average Bonchev–Trinajstić information content (AvgIpc) is 2.47. The third kappa shape index (κ3) is 4.48. The van der Waals surface area contributed by atoms with Gasteiger partial charge < -0.3 is 14.4 Å². The van der Waals surface area contributed by atoms with Gasteiger partial charge in [0.05, 0.1) is 5.56 Å². The summed E-state index contributed by atoms with van der Waals surface area (Å²) in [4.78, 5) is 24.9. The van der Waals surface area contributed by atoms with Crippen LogP contribution in [0.2, 0.25) is 0 Å². The molecule has 0 bridgehead atoms. The molecule has 1 aromatic rings. The number of nitrogens with zero attached hydrogens (tertiary/aromatic N) is 1. The topological polar surface area (TPSA) is 55.8 Å². The molecule has 0 N–H and O–H groups in total. The predicted octanol–water partition coefficient (Wildman–Crippen LogP) is 3.66. The van der Waals surface area contributed by atoms with Crippen molar-refractivity contribution in [2.45, 2.75) is 45.6 Å². The van der Waals surface area contributed by atoms with Crippen molar-refractivity contribution in [3.63, 3.8) is 0 Å². The van der Waals surface area contributed by atoms with Crippen molar-refractivity contribution in [2.75, 3.05) is 13.1 Å². The quantitative estimate of drug-likeness (QED) is 0.800. The van der Waals surface area contributed by atoms with E-state index >= 15 is 0 Å². The van der Waals surface area contributed by atoms with Gasteiger partial charge in [-0.25, -0.2) is 4.79 Å². The van der Waals surface area contributed by atoms with E-state index in [1.54, 1.807) is 23.1 Å². The molecule has 1 aliphatic heterocycles. The third-order valence-electron chi connectivity index (χ3n) is 3.35. The average molecular weight is 305 g/mol. The lowest BCUT2D eigenvalue weighted by Gasteiger charge is -2.26. The number of rotatable bonds is 3. The number of ether oxygens (including phenoxy) is 2. The molecule has 1 saturated heterocycles. The minimum atomic E-state index is -0.437. The van der Waals surface area contributed by atoms with Crippen LogP contribution in [0.25, 0.3) is 0 Å². The molecule has 5 heteroatoms. The summed E-state index contributed by atoms with van der Waals surface area (Å²) in [6.07, 6.45) is 3.56. The Balaban J connectivity index is 2.12. The fourth-order valence-electron chi connectivity index (χ4n) is 2.34. The smallest absolute Gasteiger partial charge is 0.415 e. The Morgan fingerprint density at radius 3 is 2.45 bits per heavy atom.